The molecule has 2 aliphatic rings. The third kappa shape index (κ3) is 3.88. The minimum absolute atomic E-state index is 0.0999. The largest absolute Gasteiger partial charge is 0.375 e. The smallest absolute Gasteiger partial charge is 0.161 e. The molecule has 5 heteroatoms. The molecule has 0 radical (unpaired) electrons. The highest BCUT2D eigenvalue weighted by Crippen LogP contribution is 2.39. The average molecular weight is 352 g/mol. The van der Waals surface area contributed by atoms with Crippen molar-refractivity contribution in [1.29, 1.82) is 0 Å². The zero-order valence-corrected chi connectivity index (χ0v) is 15.6. The fourth-order valence-electron chi connectivity index (χ4n) is 4.29. The van der Waals surface area contributed by atoms with E-state index in [0.29, 0.717) is 6.04 Å². The van der Waals surface area contributed by atoms with Crippen LogP contribution in [0.2, 0.25) is 0 Å². The molecule has 1 aliphatic heterocycles. The normalized spacial score (nSPS) is 22.3. The SMILES string of the molecule is CCc1cc(NC2CCOC3(CCCCC3)C2)nc(-c2ccncc2)n1. The average Bonchev–Trinajstić information content (AvgIpc) is 2.69. The van der Waals surface area contributed by atoms with Crippen LogP contribution in [0.4, 0.5) is 5.82 Å². The van der Waals surface area contributed by atoms with Crippen molar-refractivity contribution in [1.82, 2.24) is 15.0 Å². The van der Waals surface area contributed by atoms with Crippen LogP contribution >= 0.6 is 0 Å². The van der Waals surface area contributed by atoms with Crippen molar-refractivity contribution < 1.29 is 4.74 Å². The Morgan fingerprint density at radius 1 is 1.15 bits per heavy atom. The van der Waals surface area contributed by atoms with Crippen molar-refractivity contribution in [2.24, 2.45) is 0 Å². The molecular weight excluding hydrogens is 324 g/mol. The molecule has 0 bridgehead atoms. The fourth-order valence-corrected chi connectivity index (χ4v) is 4.29. The number of aryl methyl sites for hydroxylation is 1. The molecule has 0 aromatic carbocycles. The van der Waals surface area contributed by atoms with Gasteiger partial charge in [-0.3, -0.25) is 4.98 Å². The van der Waals surface area contributed by atoms with Crippen LogP contribution in [-0.2, 0) is 11.2 Å². The molecule has 2 aromatic rings. The van der Waals surface area contributed by atoms with Gasteiger partial charge in [0.2, 0.25) is 0 Å². The summed E-state index contributed by atoms with van der Waals surface area (Å²) in [6, 6.07) is 6.44. The second-order valence-electron chi connectivity index (χ2n) is 7.58. The van der Waals surface area contributed by atoms with E-state index in [-0.39, 0.29) is 5.60 Å². The van der Waals surface area contributed by atoms with E-state index in [1.165, 1.54) is 32.1 Å². The Morgan fingerprint density at radius 2 is 1.96 bits per heavy atom. The molecule has 0 amide bonds. The van der Waals surface area contributed by atoms with Gasteiger partial charge in [0, 0.05) is 42.4 Å². The van der Waals surface area contributed by atoms with E-state index in [9.17, 15) is 0 Å². The van der Waals surface area contributed by atoms with Gasteiger partial charge in [0.1, 0.15) is 5.82 Å². The number of anilines is 1. The van der Waals surface area contributed by atoms with Crippen molar-refractivity contribution in [3.8, 4) is 11.4 Å². The lowest BCUT2D eigenvalue weighted by molar-refractivity contribution is -0.103. The molecule has 1 N–H and O–H groups in total. The number of aromatic nitrogens is 3. The molecule has 4 rings (SSSR count). The van der Waals surface area contributed by atoms with Crippen LogP contribution in [0.3, 0.4) is 0 Å². The minimum atomic E-state index is 0.0999. The lowest BCUT2D eigenvalue weighted by atomic mass is 9.78. The van der Waals surface area contributed by atoms with Gasteiger partial charge in [-0.25, -0.2) is 9.97 Å². The van der Waals surface area contributed by atoms with Crippen LogP contribution in [0, 0.1) is 0 Å². The van der Waals surface area contributed by atoms with Crippen molar-refractivity contribution in [2.75, 3.05) is 11.9 Å². The lowest BCUT2D eigenvalue weighted by Gasteiger charge is -2.43. The van der Waals surface area contributed by atoms with E-state index in [1.54, 1.807) is 12.4 Å². The third-order valence-electron chi connectivity index (χ3n) is 5.69. The van der Waals surface area contributed by atoms with Gasteiger partial charge in [0.25, 0.3) is 0 Å². The fraction of sp³-hybridized carbons (Fsp3) is 0.571. The van der Waals surface area contributed by atoms with Crippen molar-refractivity contribution >= 4 is 5.82 Å². The summed E-state index contributed by atoms with van der Waals surface area (Å²) in [4.78, 5) is 13.6. The zero-order chi connectivity index (χ0) is 17.8. The molecule has 2 aromatic heterocycles. The van der Waals surface area contributed by atoms with Gasteiger partial charge in [0.15, 0.2) is 5.82 Å². The summed E-state index contributed by atoms with van der Waals surface area (Å²) < 4.78 is 6.23. The highest BCUT2D eigenvalue weighted by atomic mass is 16.5. The van der Waals surface area contributed by atoms with Gasteiger partial charge in [-0.2, -0.15) is 0 Å². The van der Waals surface area contributed by atoms with Crippen LogP contribution in [0.25, 0.3) is 11.4 Å². The molecule has 138 valence electrons. The monoisotopic (exact) mass is 352 g/mol. The zero-order valence-electron chi connectivity index (χ0n) is 15.6. The lowest BCUT2D eigenvalue weighted by Crippen LogP contribution is -2.45. The number of hydrogen-bond acceptors (Lipinski definition) is 5. The number of rotatable bonds is 4. The van der Waals surface area contributed by atoms with E-state index in [4.69, 9.17) is 14.7 Å². The minimum Gasteiger partial charge on any atom is -0.375 e. The molecule has 2 fully saturated rings. The summed E-state index contributed by atoms with van der Waals surface area (Å²) in [5.74, 6) is 1.70. The summed E-state index contributed by atoms with van der Waals surface area (Å²) >= 11 is 0. The van der Waals surface area contributed by atoms with E-state index < -0.39 is 0 Å². The Hall–Kier alpha value is -2.01. The molecule has 1 saturated heterocycles. The van der Waals surface area contributed by atoms with E-state index in [2.05, 4.69) is 23.3 Å². The number of pyridine rings is 1. The van der Waals surface area contributed by atoms with Crippen molar-refractivity contribution in [3.63, 3.8) is 0 Å². The standard InChI is InChI=1S/C21H28N4O/c1-2-17-14-19(25-20(24-17)16-6-11-22-12-7-16)23-18-8-13-26-21(15-18)9-4-3-5-10-21/h6-7,11-12,14,18H,2-5,8-10,13,15H2,1H3,(H,23,24,25). The second-order valence-corrected chi connectivity index (χ2v) is 7.58. The van der Waals surface area contributed by atoms with E-state index >= 15 is 0 Å². The number of nitrogens with one attached hydrogen (secondary N) is 1. The van der Waals surface area contributed by atoms with Gasteiger partial charge in [-0.05, 0) is 44.2 Å². The van der Waals surface area contributed by atoms with Gasteiger partial charge in [-0.1, -0.05) is 26.2 Å². The Balaban J connectivity index is 1.54. The van der Waals surface area contributed by atoms with Crippen molar-refractivity contribution in [2.45, 2.75) is 69.9 Å². The van der Waals surface area contributed by atoms with E-state index in [0.717, 1.165) is 48.8 Å². The first-order valence-electron chi connectivity index (χ1n) is 9.95. The van der Waals surface area contributed by atoms with Gasteiger partial charge in [-0.15, -0.1) is 0 Å². The van der Waals surface area contributed by atoms with E-state index in [1.807, 2.05) is 12.1 Å². The Bertz CT molecular complexity index is 723. The maximum Gasteiger partial charge on any atom is 0.161 e. The summed E-state index contributed by atoms with van der Waals surface area (Å²) in [5.41, 5.74) is 2.17. The molecule has 1 atom stereocenters. The predicted octanol–water partition coefficient (Wildman–Crippen LogP) is 4.39. The molecule has 1 unspecified atom stereocenters. The van der Waals surface area contributed by atoms with Crippen LogP contribution in [-0.4, -0.2) is 33.2 Å². The van der Waals surface area contributed by atoms with Gasteiger partial charge >= 0.3 is 0 Å². The first-order chi connectivity index (χ1) is 12.8. The Labute approximate surface area is 155 Å². The molecule has 1 saturated carbocycles. The first-order valence-corrected chi connectivity index (χ1v) is 9.95. The summed E-state index contributed by atoms with van der Waals surface area (Å²) in [5, 5.41) is 3.69. The number of nitrogens with zero attached hydrogens (tertiary/aromatic N) is 3. The van der Waals surface area contributed by atoms with Gasteiger partial charge in [0.05, 0.1) is 5.60 Å². The maximum atomic E-state index is 6.23. The first kappa shape index (κ1) is 17.4. The molecule has 1 aliphatic carbocycles. The van der Waals surface area contributed by atoms with Crippen molar-refractivity contribution in [3.05, 3.63) is 36.3 Å². The number of hydrogen-bond donors (Lipinski definition) is 1. The molecular formula is C21H28N4O. The van der Waals surface area contributed by atoms with Gasteiger partial charge < -0.3 is 10.1 Å². The second kappa shape index (κ2) is 7.70. The summed E-state index contributed by atoms with van der Waals surface area (Å²) in [6.07, 6.45) is 13.0. The van der Waals surface area contributed by atoms with Crippen LogP contribution in [0.15, 0.2) is 30.6 Å². The molecule has 26 heavy (non-hydrogen) atoms. The van der Waals surface area contributed by atoms with Crippen LogP contribution in [0.1, 0.15) is 57.6 Å². The number of ether oxygens (including phenoxy) is 1. The summed E-state index contributed by atoms with van der Waals surface area (Å²) in [6.45, 7) is 2.98. The topological polar surface area (TPSA) is 59.9 Å². The summed E-state index contributed by atoms with van der Waals surface area (Å²) in [7, 11) is 0. The Morgan fingerprint density at radius 3 is 2.73 bits per heavy atom. The molecule has 3 heterocycles. The maximum absolute atomic E-state index is 6.23. The predicted molar refractivity (Wildman–Crippen MR) is 103 cm³/mol. The van der Waals surface area contributed by atoms with Crippen LogP contribution < -0.4 is 5.32 Å². The Kier molecular flexibility index (Phi) is 5.16. The highest BCUT2D eigenvalue weighted by Gasteiger charge is 2.38. The van der Waals surface area contributed by atoms with Crippen LogP contribution in [0.5, 0.6) is 0 Å². The third-order valence-corrected chi connectivity index (χ3v) is 5.69. The molecule has 1 spiro atoms. The highest BCUT2D eigenvalue weighted by molar-refractivity contribution is 5.57. The quantitative estimate of drug-likeness (QED) is 0.884. The molecule has 5 nitrogen and oxygen atoms in total.